The molecule has 0 saturated carbocycles. The van der Waals surface area contributed by atoms with Crippen LogP contribution in [0.4, 0.5) is 13.2 Å². The van der Waals surface area contributed by atoms with Gasteiger partial charge < -0.3 is 14.8 Å². The molecule has 2 aromatic rings. The zero-order valence-corrected chi connectivity index (χ0v) is 15.2. The molecule has 0 saturated heterocycles. The van der Waals surface area contributed by atoms with Gasteiger partial charge in [-0.15, -0.1) is 0 Å². The van der Waals surface area contributed by atoms with E-state index in [0.717, 1.165) is 0 Å². The van der Waals surface area contributed by atoms with Gasteiger partial charge in [0.1, 0.15) is 5.75 Å². The number of para-hydroxylation sites is 1. The Labute approximate surface area is 156 Å². The molecule has 0 heterocycles. The molecule has 1 amide bonds. The number of hydrogen-bond donors (Lipinski definition) is 1. The molecule has 1 atom stereocenters. The van der Waals surface area contributed by atoms with Crippen LogP contribution in [0.15, 0.2) is 54.6 Å². The topological polar surface area (TPSA) is 47.6 Å². The maximum Gasteiger partial charge on any atom is 0.430 e. The number of halogens is 3. The van der Waals surface area contributed by atoms with Gasteiger partial charge >= 0.3 is 6.18 Å². The van der Waals surface area contributed by atoms with E-state index >= 15 is 0 Å². The van der Waals surface area contributed by atoms with Crippen LogP contribution in [-0.2, 0) is 21.7 Å². The molecule has 0 fully saturated rings. The highest BCUT2D eigenvalue weighted by atomic mass is 19.4. The fourth-order valence-electron chi connectivity index (χ4n) is 2.73. The summed E-state index contributed by atoms with van der Waals surface area (Å²) in [7, 11) is 1.45. The Kier molecular flexibility index (Phi) is 6.85. The lowest BCUT2D eigenvalue weighted by molar-refractivity contribution is -0.273. The van der Waals surface area contributed by atoms with Crippen LogP contribution in [-0.4, -0.2) is 25.8 Å². The highest BCUT2D eigenvalue weighted by Gasteiger charge is 2.63. The third kappa shape index (κ3) is 4.42. The summed E-state index contributed by atoms with van der Waals surface area (Å²) in [5, 5.41) is 2.36. The first kappa shape index (κ1) is 20.8. The van der Waals surface area contributed by atoms with Crippen molar-refractivity contribution in [2.24, 2.45) is 0 Å². The molecule has 4 nitrogen and oxygen atoms in total. The van der Waals surface area contributed by atoms with Crippen molar-refractivity contribution in [1.82, 2.24) is 5.32 Å². The predicted octanol–water partition coefficient (Wildman–Crippen LogP) is 4.20. The Hall–Kier alpha value is -2.54. The summed E-state index contributed by atoms with van der Waals surface area (Å²) in [4.78, 5) is 12.8. The fourth-order valence-corrected chi connectivity index (χ4v) is 2.73. The second-order valence-corrected chi connectivity index (χ2v) is 5.89. The van der Waals surface area contributed by atoms with Gasteiger partial charge in [-0.05, 0) is 12.5 Å². The van der Waals surface area contributed by atoms with Crippen LogP contribution in [0.2, 0.25) is 0 Å². The number of hydrogen-bond acceptors (Lipinski definition) is 3. The number of benzene rings is 2. The molecule has 27 heavy (non-hydrogen) atoms. The van der Waals surface area contributed by atoms with Gasteiger partial charge in [-0.3, -0.25) is 4.79 Å². The maximum absolute atomic E-state index is 14.1. The van der Waals surface area contributed by atoms with Crippen molar-refractivity contribution >= 4 is 5.91 Å². The van der Waals surface area contributed by atoms with E-state index in [0.29, 0.717) is 17.7 Å². The maximum atomic E-state index is 14.1. The average Bonchev–Trinajstić information content (AvgIpc) is 2.67. The van der Waals surface area contributed by atoms with Crippen molar-refractivity contribution in [1.29, 1.82) is 0 Å². The smallest absolute Gasteiger partial charge is 0.430 e. The van der Waals surface area contributed by atoms with Gasteiger partial charge in [-0.2, -0.15) is 13.2 Å². The number of rotatable bonds is 8. The lowest BCUT2D eigenvalue weighted by atomic mass is 9.91. The van der Waals surface area contributed by atoms with Crippen LogP contribution in [0.5, 0.6) is 5.75 Å². The van der Waals surface area contributed by atoms with E-state index in [2.05, 4.69) is 5.32 Å². The SMILES string of the molecule is CCCOC(C(=O)NCc1ccccc1OC)(c1ccccc1)C(F)(F)F. The second kappa shape index (κ2) is 8.90. The molecule has 0 bridgehead atoms. The Morgan fingerprint density at radius 2 is 1.67 bits per heavy atom. The summed E-state index contributed by atoms with van der Waals surface area (Å²) in [5.41, 5.74) is -2.77. The van der Waals surface area contributed by atoms with Crippen molar-refractivity contribution in [3.8, 4) is 5.75 Å². The van der Waals surface area contributed by atoms with Gasteiger partial charge in [0.25, 0.3) is 11.5 Å². The standard InChI is InChI=1S/C20H22F3NO3/c1-3-13-27-19(20(21,22)23,16-10-5-4-6-11-16)18(25)24-14-15-9-7-8-12-17(15)26-2/h4-12H,3,13-14H2,1-2H3,(H,24,25). The van der Waals surface area contributed by atoms with E-state index in [1.165, 1.54) is 31.4 Å². The molecule has 1 unspecified atom stereocenters. The number of ether oxygens (including phenoxy) is 2. The number of alkyl halides is 3. The van der Waals surface area contributed by atoms with Crippen LogP contribution >= 0.6 is 0 Å². The zero-order valence-electron chi connectivity index (χ0n) is 15.2. The zero-order chi connectivity index (χ0) is 19.9. The van der Waals surface area contributed by atoms with Crippen LogP contribution in [0.3, 0.4) is 0 Å². The average molecular weight is 381 g/mol. The van der Waals surface area contributed by atoms with E-state index in [1.54, 1.807) is 37.3 Å². The second-order valence-electron chi connectivity index (χ2n) is 5.89. The highest BCUT2D eigenvalue weighted by Crippen LogP contribution is 2.43. The first-order valence-electron chi connectivity index (χ1n) is 8.53. The van der Waals surface area contributed by atoms with Gasteiger partial charge in [0.05, 0.1) is 7.11 Å². The summed E-state index contributed by atoms with van der Waals surface area (Å²) in [6, 6.07) is 13.7. The number of carbonyl (C=O) groups excluding carboxylic acids is 1. The quantitative estimate of drug-likeness (QED) is 0.746. The molecule has 0 aromatic heterocycles. The lowest BCUT2D eigenvalue weighted by Gasteiger charge is -2.34. The molecule has 0 radical (unpaired) electrons. The van der Waals surface area contributed by atoms with Crippen molar-refractivity contribution in [3.05, 3.63) is 65.7 Å². The van der Waals surface area contributed by atoms with E-state index in [-0.39, 0.29) is 18.7 Å². The van der Waals surface area contributed by atoms with Gasteiger partial charge in [0, 0.05) is 24.3 Å². The summed E-state index contributed by atoms with van der Waals surface area (Å²) >= 11 is 0. The first-order valence-corrected chi connectivity index (χ1v) is 8.53. The predicted molar refractivity (Wildman–Crippen MR) is 95.3 cm³/mol. The van der Waals surface area contributed by atoms with Crippen molar-refractivity contribution in [2.45, 2.75) is 31.7 Å². The lowest BCUT2D eigenvalue weighted by Crippen LogP contribution is -2.56. The molecule has 146 valence electrons. The first-order chi connectivity index (χ1) is 12.9. The Morgan fingerprint density at radius 1 is 1.04 bits per heavy atom. The normalized spacial score (nSPS) is 13.7. The van der Waals surface area contributed by atoms with Crippen LogP contribution in [0.25, 0.3) is 0 Å². The monoisotopic (exact) mass is 381 g/mol. The van der Waals surface area contributed by atoms with Gasteiger partial charge in [0.15, 0.2) is 0 Å². The third-order valence-corrected chi connectivity index (χ3v) is 4.05. The van der Waals surface area contributed by atoms with Gasteiger partial charge in [0.2, 0.25) is 0 Å². The molecular formula is C20H22F3NO3. The van der Waals surface area contributed by atoms with Crippen molar-refractivity contribution in [3.63, 3.8) is 0 Å². The van der Waals surface area contributed by atoms with Crippen LogP contribution < -0.4 is 10.1 Å². The van der Waals surface area contributed by atoms with Crippen molar-refractivity contribution < 1.29 is 27.4 Å². The molecule has 0 aliphatic heterocycles. The minimum Gasteiger partial charge on any atom is -0.496 e. The number of amides is 1. The van der Waals surface area contributed by atoms with Crippen LogP contribution in [0, 0.1) is 0 Å². The largest absolute Gasteiger partial charge is 0.496 e. The molecule has 1 N–H and O–H groups in total. The molecule has 7 heteroatoms. The Morgan fingerprint density at radius 3 is 2.26 bits per heavy atom. The summed E-state index contributed by atoms with van der Waals surface area (Å²) in [6.07, 6.45) is -4.60. The Bertz CT molecular complexity index is 750. The Balaban J connectivity index is 2.38. The molecule has 0 aliphatic carbocycles. The number of methoxy groups -OCH3 is 1. The number of carbonyl (C=O) groups is 1. The summed E-state index contributed by atoms with van der Waals surface area (Å²) < 4.78 is 52.6. The van der Waals surface area contributed by atoms with E-state index < -0.39 is 17.7 Å². The van der Waals surface area contributed by atoms with Gasteiger partial charge in [-0.25, -0.2) is 0 Å². The van der Waals surface area contributed by atoms with E-state index in [4.69, 9.17) is 9.47 Å². The fraction of sp³-hybridized carbons (Fsp3) is 0.350. The molecule has 0 spiro atoms. The summed E-state index contributed by atoms with van der Waals surface area (Å²) in [5.74, 6) is -0.787. The number of nitrogens with one attached hydrogen (secondary N) is 1. The molecule has 2 rings (SSSR count). The molecular weight excluding hydrogens is 359 g/mol. The van der Waals surface area contributed by atoms with E-state index in [9.17, 15) is 18.0 Å². The minimum absolute atomic E-state index is 0.122. The van der Waals surface area contributed by atoms with E-state index in [1.807, 2.05) is 0 Å². The molecule has 0 aliphatic rings. The highest BCUT2D eigenvalue weighted by molar-refractivity contribution is 5.87. The molecule has 2 aromatic carbocycles. The minimum atomic E-state index is -4.94. The van der Waals surface area contributed by atoms with Gasteiger partial charge in [-0.1, -0.05) is 55.5 Å². The van der Waals surface area contributed by atoms with Crippen molar-refractivity contribution in [2.75, 3.05) is 13.7 Å². The van der Waals surface area contributed by atoms with Crippen LogP contribution in [0.1, 0.15) is 24.5 Å². The third-order valence-electron chi connectivity index (χ3n) is 4.05. The summed E-state index contributed by atoms with van der Waals surface area (Å²) in [6.45, 7) is 1.35.